The molecule has 9 heteroatoms. The van der Waals surface area contributed by atoms with Crippen LogP contribution >= 0.6 is 0 Å². The molecule has 0 bridgehead atoms. The van der Waals surface area contributed by atoms with E-state index in [-0.39, 0.29) is 38.6 Å². The lowest BCUT2D eigenvalue weighted by molar-refractivity contribution is -0.870. The molecule has 9 nitrogen and oxygen atoms in total. The minimum absolute atomic E-state index is 0.142. The topological polar surface area (TPSA) is 111 Å². The van der Waals surface area contributed by atoms with E-state index in [4.69, 9.17) is 18.9 Å². The third kappa shape index (κ3) is 52.4. The molecule has 0 aromatic heterocycles. The van der Waals surface area contributed by atoms with E-state index >= 15 is 0 Å². The molecule has 0 radical (unpaired) electrons. The first-order valence-corrected chi connectivity index (χ1v) is 28.1. The molecule has 2 unspecified atom stereocenters. The van der Waals surface area contributed by atoms with Crippen LogP contribution in [-0.4, -0.2) is 82.3 Å². The molecule has 0 saturated carbocycles. The zero-order valence-electron chi connectivity index (χ0n) is 45.2. The van der Waals surface area contributed by atoms with Crippen LogP contribution in [0.2, 0.25) is 0 Å². The number of esters is 2. The van der Waals surface area contributed by atoms with Gasteiger partial charge in [-0.05, 0) is 64.2 Å². The Labute approximate surface area is 424 Å². The van der Waals surface area contributed by atoms with E-state index in [0.717, 1.165) is 96.3 Å². The van der Waals surface area contributed by atoms with Crippen LogP contribution in [-0.2, 0) is 33.3 Å². The second-order valence-corrected chi connectivity index (χ2v) is 19.9. The number of likely N-dealkylation sites (N-methyl/N-ethyl adjacent to an activating group) is 1. The first-order valence-electron chi connectivity index (χ1n) is 28.1. The Morgan fingerprint density at radius 2 is 0.826 bits per heavy atom. The second-order valence-electron chi connectivity index (χ2n) is 19.9. The molecule has 2 atom stereocenters. The van der Waals surface area contributed by atoms with Crippen molar-refractivity contribution >= 4 is 17.9 Å². The van der Waals surface area contributed by atoms with E-state index in [1.165, 1.54) is 103 Å². The number of nitrogens with zero attached hydrogens (tertiary/aromatic N) is 1. The average Bonchev–Trinajstić information content (AvgIpc) is 3.31. The average molecular weight is 968 g/mol. The summed E-state index contributed by atoms with van der Waals surface area (Å²) in [6.07, 6.45) is 62.2. The molecular weight excluding hydrogens is 863 g/mol. The van der Waals surface area contributed by atoms with Crippen molar-refractivity contribution in [3.63, 3.8) is 0 Å². The zero-order chi connectivity index (χ0) is 50.6. The maximum Gasteiger partial charge on any atom is 0.306 e. The van der Waals surface area contributed by atoms with Crippen molar-refractivity contribution in [1.82, 2.24) is 0 Å². The third-order valence-electron chi connectivity index (χ3n) is 12.0. The minimum atomic E-state index is -1.63. The van der Waals surface area contributed by atoms with Gasteiger partial charge in [0.05, 0.1) is 40.3 Å². The van der Waals surface area contributed by atoms with Gasteiger partial charge in [0.1, 0.15) is 13.2 Å². The lowest BCUT2D eigenvalue weighted by atomic mass is 10.0. The van der Waals surface area contributed by atoms with E-state index < -0.39 is 24.3 Å². The van der Waals surface area contributed by atoms with Gasteiger partial charge in [0.2, 0.25) is 0 Å². The largest absolute Gasteiger partial charge is 0.545 e. The van der Waals surface area contributed by atoms with Gasteiger partial charge in [-0.1, -0.05) is 228 Å². The summed E-state index contributed by atoms with van der Waals surface area (Å²) in [5.41, 5.74) is 0. The Morgan fingerprint density at radius 3 is 1.23 bits per heavy atom. The highest BCUT2D eigenvalue weighted by molar-refractivity contribution is 5.70. The van der Waals surface area contributed by atoms with Crippen LogP contribution in [0.25, 0.3) is 0 Å². The highest BCUT2D eigenvalue weighted by atomic mass is 16.7. The molecule has 0 amide bonds. The van der Waals surface area contributed by atoms with Crippen LogP contribution in [0, 0.1) is 0 Å². The number of carboxylic acid groups (broad SMARTS) is 1. The summed E-state index contributed by atoms with van der Waals surface area (Å²) in [7, 11) is 5.91. The Balaban J connectivity index is 4.32. The number of rotatable bonds is 51. The predicted octanol–water partition coefficient (Wildman–Crippen LogP) is 14.9. The molecule has 0 aliphatic heterocycles. The number of unbranched alkanes of at least 4 members (excludes halogenated alkanes) is 24. The molecular formula is C60H105NO8. The summed E-state index contributed by atoms with van der Waals surface area (Å²) in [5.74, 6) is -2.30. The van der Waals surface area contributed by atoms with Gasteiger partial charge in [-0.3, -0.25) is 9.59 Å². The smallest absolute Gasteiger partial charge is 0.306 e. The molecule has 69 heavy (non-hydrogen) atoms. The summed E-state index contributed by atoms with van der Waals surface area (Å²) in [6, 6.07) is 0. The number of hydrogen-bond acceptors (Lipinski definition) is 8. The molecule has 0 rings (SSSR count). The number of carbonyl (C=O) groups is 3. The third-order valence-corrected chi connectivity index (χ3v) is 12.0. The highest BCUT2D eigenvalue weighted by Gasteiger charge is 2.22. The van der Waals surface area contributed by atoms with Crippen molar-refractivity contribution in [3.05, 3.63) is 72.9 Å². The maximum atomic E-state index is 12.8. The molecule has 0 N–H and O–H groups in total. The Hall–Kier alpha value is -3.27. The SMILES string of the molecule is CC/C=C\C/C=C\C/C=C\C/C=C\C/C=C\C/C=C\CCCCCCCCC(=O)OC(COC(=O)CCCCCCCCCCCCCCCCCCCCC)COC(OCC[N+](C)(C)C)C(=O)[O-]. The number of ether oxygens (including phenoxy) is 4. The normalized spacial score (nSPS) is 13.3. The van der Waals surface area contributed by atoms with Gasteiger partial charge in [-0.25, -0.2) is 0 Å². The van der Waals surface area contributed by atoms with E-state index in [0.29, 0.717) is 17.4 Å². The molecule has 0 spiro atoms. The van der Waals surface area contributed by atoms with Crippen LogP contribution in [0.4, 0.5) is 0 Å². The maximum absolute atomic E-state index is 12.8. The van der Waals surface area contributed by atoms with Crippen LogP contribution in [0.1, 0.15) is 232 Å². The first-order chi connectivity index (χ1) is 33.6. The van der Waals surface area contributed by atoms with Crippen LogP contribution in [0.3, 0.4) is 0 Å². The molecule has 0 saturated heterocycles. The van der Waals surface area contributed by atoms with Crippen molar-refractivity contribution in [2.24, 2.45) is 0 Å². The molecule has 0 fully saturated rings. The quantitative estimate of drug-likeness (QED) is 0.0195. The van der Waals surface area contributed by atoms with Crippen molar-refractivity contribution in [2.45, 2.75) is 245 Å². The number of carboxylic acids is 1. The van der Waals surface area contributed by atoms with Crippen molar-refractivity contribution in [2.75, 3.05) is 47.5 Å². The predicted molar refractivity (Wildman–Crippen MR) is 288 cm³/mol. The molecule has 0 heterocycles. The van der Waals surface area contributed by atoms with Gasteiger partial charge in [0, 0.05) is 12.8 Å². The van der Waals surface area contributed by atoms with Gasteiger partial charge in [-0.15, -0.1) is 0 Å². The fourth-order valence-corrected chi connectivity index (χ4v) is 7.66. The number of hydrogen-bond donors (Lipinski definition) is 0. The molecule has 0 aliphatic carbocycles. The lowest BCUT2D eigenvalue weighted by Crippen LogP contribution is -2.44. The zero-order valence-corrected chi connectivity index (χ0v) is 45.2. The first kappa shape index (κ1) is 65.7. The van der Waals surface area contributed by atoms with Gasteiger partial charge in [0.25, 0.3) is 0 Å². The monoisotopic (exact) mass is 968 g/mol. The summed E-state index contributed by atoms with van der Waals surface area (Å²) >= 11 is 0. The number of aliphatic carboxylic acids is 1. The van der Waals surface area contributed by atoms with Crippen LogP contribution in [0.5, 0.6) is 0 Å². The fraction of sp³-hybridized carbons (Fsp3) is 0.750. The minimum Gasteiger partial charge on any atom is -0.545 e. The van der Waals surface area contributed by atoms with Gasteiger partial charge in [-0.2, -0.15) is 0 Å². The fourth-order valence-electron chi connectivity index (χ4n) is 7.66. The van der Waals surface area contributed by atoms with Crippen molar-refractivity contribution < 1.29 is 42.9 Å². The lowest BCUT2D eigenvalue weighted by Gasteiger charge is -2.26. The number of carbonyl (C=O) groups excluding carboxylic acids is 3. The molecule has 398 valence electrons. The van der Waals surface area contributed by atoms with Gasteiger partial charge in [0.15, 0.2) is 12.4 Å². The number of allylic oxidation sites excluding steroid dienone is 12. The van der Waals surface area contributed by atoms with Crippen molar-refractivity contribution in [1.29, 1.82) is 0 Å². The Morgan fingerprint density at radius 1 is 0.449 bits per heavy atom. The second kappa shape index (κ2) is 51.1. The molecule has 0 aromatic rings. The Kier molecular flexibility index (Phi) is 48.7. The van der Waals surface area contributed by atoms with Gasteiger partial charge < -0.3 is 33.3 Å². The van der Waals surface area contributed by atoms with Gasteiger partial charge >= 0.3 is 11.9 Å². The van der Waals surface area contributed by atoms with Crippen molar-refractivity contribution in [3.8, 4) is 0 Å². The Bertz CT molecular complexity index is 1360. The van der Waals surface area contributed by atoms with E-state index in [9.17, 15) is 19.5 Å². The molecule has 0 aromatic carbocycles. The molecule has 0 aliphatic rings. The summed E-state index contributed by atoms with van der Waals surface area (Å²) in [4.78, 5) is 37.3. The van der Waals surface area contributed by atoms with E-state index in [2.05, 4.69) is 86.8 Å². The van der Waals surface area contributed by atoms with E-state index in [1.54, 1.807) is 0 Å². The number of quaternary nitrogens is 1. The summed E-state index contributed by atoms with van der Waals surface area (Å²) < 4.78 is 22.7. The van der Waals surface area contributed by atoms with E-state index in [1.807, 2.05) is 21.1 Å². The standard InChI is InChI=1S/C60H105NO8/c1-6-8-10-12-14-16-18-20-22-24-26-27-28-29-30-31-33-35-37-39-41-43-45-47-49-51-58(63)69-56(55-68-60(59(64)65)66-53-52-61(3,4)5)54-67-57(62)50-48-46-44-42-40-38-36-34-32-25-23-21-19-17-15-13-11-9-7-2/h8,10,14,16,20,22,26-27,29-30,33,35,56,60H,6-7,9,11-13,15,17-19,21,23-25,28,31-32,34,36-55H2,1-5H3/b10-8-,16-14-,22-20-,27-26-,30-29-,35-33-. The highest BCUT2D eigenvalue weighted by Crippen LogP contribution is 2.16. The van der Waals surface area contributed by atoms with Crippen LogP contribution < -0.4 is 5.11 Å². The van der Waals surface area contributed by atoms with Crippen LogP contribution in [0.15, 0.2) is 72.9 Å². The summed E-state index contributed by atoms with van der Waals surface area (Å²) in [6.45, 7) is 4.63. The summed E-state index contributed by atoms with van der Waals surface area (Å²) in [5, 5.41) is 11.8.